The second-order valence-corrected chi connectivity index (χ2v) is 7.95. The molecule has 1 fully saturated rings. The first-order valence-corrected chi connectivity index (χ1v) is 10.1. The molecular weight excluding hydrogens is 370 g/mol. The van der Waals surface area contributed by atoms with Crippen LogP contribution in [0.4, 0.5) is 23.0 Å². The van der Waals surface area contributed by atoms with E-state index in [-0.39, 0.29) is 0 Å². The molecule has 0 spiro atoms. The average Bonchev–Trinajstić information content (AvgIpc) is 2.76. The predicted molar refractivity (Wildman–Crippen MR) is 114 cm³/mol. The summed E-state index contributed by atoms with van der Waals surface area (Å²) in [6.45, 7) is 3.45. The summed E-state index contributed by atoms with van der Waals surface area (Å²) in [5.74, 6) is 0.609. The molecule has 2 aliphatic heterocycles. The van der Waals surface area contributed by atoms with Crippen LogP contribution in [0.15, 0.2) is 59.6 Å². The average molecular weight is 392 g/mol. The number of para-hydroxylation sites is 1. The summed E-state index contributed by atoms with van der Waals surface area (Å²) in [6.07, 6.45) is 1.89. The van der Waals surface area contributed by atoms with Gasteiger partial charge in [0.2, 0.25) is 5.95 Å². The smallest absolute Gasteiger partial charge is 0.227 e. The zero-order valence-corrected chi connectivity index (χ0v) is 16.4. The van der Waals surface area contributed by atoms with Crippen molar-refractivity contribution in [3.05, 3.63) is 54.7 Å². The Bertz CT molecular complexity index is 988. The van der Waals surface area contributed by atoms with Crippen LogP contribution < -0.4 is 14.5 Å². The fourth-order valence-corrected chi connectivity index (χ4v) is 4.44. The lowest BCUT2D eigenvalue weighted by Gasteiger charge is -2.29. The van der Waals surface area contributed by atoms with Crippen LogP contribution in [-0.4, -0.2) is 43.3 Å². The van der Waals surface area contributed by atoms with Crippen molar-refractivity contribution < 1.29 is 4.74 Å². The zero-order valence-electron chi connectivity index (χ0n) is 15.6. The van der Waals surface area contributed by atoms with Gasteiger partial charge in [-0.2, -0.15) is 0 Å². The number of hydrogen-bond acceptors (Lipinski definition) is 7. The largest absolute Gasteiger partial charge is 0.378 e. The molecule has 1 saturated heterocycles. The lowest BCUT2D eigenvalue weighted by atomic mass is 10.1. The van der Waals surface area contributed by atoms with E-state index in [1.54, 1.807) is 11.9 Å². The molecule has 0 saturated carbocycles. The van der Waals surface area contributed by atoms with Crippen LogP contribution in [0, 0.1) is 0 Å². The summed E-state index contributed by atoms with van der Waals surface area (Å²) in [4.78, 5) is 12.7. The molecular formula is C21H21N5OS. The summed E-state index contributed by atoms with van der Waals surface area (Å²) in [6, 6.07) is 16.7. The molecule has 6 nitrogen and oxygen atoms in total. The third-order valence-electron chi connectivity index (χ3n) is 4.99. The number of fused-ring (bicyclic) bond motifs is 3. The second kappa shape index (κ2) is 7.33. The highest BCUT2D eigenvalue weighted by Crippen LogP contribution is 2.44. The molecule has 3 heterocycles. The van der Waals surface area contributed by atoms with Crippen LogP contribution in [0.3, 0.4) is 0 Å². The van der Waals surface area contributed by atoms with Crippen LogP contribution in [0.5, 0.6) is 0 Å². The van der Waals surface area contributed by atoms with Gasteiger partial charge in [-0.05, 0) is 42.3 Å². The lowest BCUT2D eigenvalue weighted by Crippen LogP contribution is -2.36. The molecule has 0 unspecified atom stereocenters. The molecule has 2 aliphatic rings. The van der Waals surface area contributed by atoms with E-state index in [1.807, 2.05) is 12.3 Å². The van der Waals surface area contributed by atoms with Gasteiger partial charge in [0.1, 0.15) is 0 Å². The summed E-state index contributed by atoms with van der Waals surface area (Å²) >= 11 is 1.65. The first-order chi connectivity index (χ1) is 13.8. The van der Waals surface area contributed by atoms with Gasteiger partial charge in [-0.15, -0.1) is 0 Å². The number of benzene rings is 2. The topological polar surface area (TPSA) is 53.5 Å². The second-order valence-electron chi connectivity index (χ2n) is 6.78. The summed E-state index contributed by atoms with van der Waals surface area (Å²) in [5.41, 5.74) is 5.46. The third-order valence-corrected chi connectivity index (χ3v) is 5.95. The van der Waals surface area contributed by atoms with E-state index >= 15 is 0 Å². The van der Waals surface area contributed by atoms with Crippen LogP contribution in [0.1, 0.15) is 0 Å². The minimum Gasteiger partial charge on any atom is -0.378 e. The van der Waals surface area contributed by atoms with Gasteiger partial charge in [0.25, 0.3) is 0 Å². The number of ether oxygens (including phenoxy) is 1. The molecule has 1 aromatic heterocycles. The maximum atomic E-state index is 5.43. The summed E-state index contributed by atoms with van der Waals surface area (Å²) in [5, 5.41) is 3.34. The Labute approximate surface area is 168 Å². The van der Waals surface area contributed by atoms with Crippen molar-refractivity contribution in [2.45, 2.75) is 4.90 Å². The number of hydrogen-bond donors (Lipinski definition) is 1. The van der Waals surface area contributed by atoms with E-state index in [0.29, 0.717) is 5.95 Å². The van der Waals surface area contributed by atoms with Gasteiger partial charge in [-0.1, -0.05) is 18.2 Å². The van der Waals surface area contributed by atoms with E-state index < -0.39 is 0 Å². The standard InChI is InChI=1S/C21H21N5OS/c1-25-18-5-3-2-4-17(18)20-19(28-25)14-22-21(24-20)23-15-6-8-16(9-7-15)26-10-12-27-13-11-26/h2-9,14H,10-13H2,1H3,(H,22,23,24). The number of rotatable bonds is 3. The SMILES string of the molecule is CN1Sc2cnc(Nc3ccc(N4CCOCC4)cc3)nc2-c2ccccc21. The van der Waals surface area contributed by atoms with Crippen molar-refractivity contribution in [2.24, 2.45) is 0 Å². The van der Waals surface area contributed by atoms with Crippen molar-refractivity contribution in [3.8, 4) is 11.3 Å². The first kappa shape index (κ1) is 17.3. The number of nitrogens with zero attached hydrogens (tertiary/aromatic N) is 4. The quantitative estimate of drug-likeness (QED) is 0.672. The van der Waals surface area contributed by atoms with E-state index in [1.165, 1.54) is 11.4 Å². The van der Waals surface area contributed by atoms with Gasteiger partial charge in [0, 0.05) is 43.3 Å². The van der Waals surface area contributed by atoms with E-state index in [4.69, 9.17) is 9.72 Å². The van der Waals surface area contributed by atoms with E-state index in [9.17, 15) is 0 Å². The number of aromatic nitrogens is 2. The molecule has 0 atom stereocenters. The molecule has 3 aromatic rings. The van der Waals surface area contributed by atoms with Gasteiger partial charge in [0.05, 0.1) is 29.5 Å². The monoisotopic (exact) mass is 391 g/mol. The zero-order chi connectivity index (χ0) is 18.9. The Kier molecular flexibility index (Phi) is 4.54. The third kappa shape index (κ3) is 3.27. The molecule has 7 heteroatoms. The van der Waals surface area contributed by atoms with Gasteiger partial charge in [-0.3, -0.25) is 0 Å². The molecule has 0 amide bonds. The van der Waals surface area contributed by atoms with Crippen LogP contribution in [0.2, 0.25) is 0 Å². The summed E-state index contributed by atoms with van der Waals surface area (Å²) < 4.78 is 7.58. The van der Waals surface area contributed by atoms with E-state index in [2.05, 4.69) is 69.0 Å². The van der Waals surface area contributed by atoms with Crippen molar-refractivity contribution in [1.82, 2.24) is 9.97 Å². The number of anilines is 4. The molecule has 0 radical (unpaired) electrons. The molecule has 2 aromatic carbocycles. The first-order valence-electron chi connectivity index (χ1n) is 9.36. The van der Waals surface area contributed by atoms with Crippen molar-refractivity contribution in [1.29, 1.82) is 0 Å². The predicted octanol–water partition coefficient (Wildman–Crippen LogP) is 4.18. The van der Waals surface area contributed by atoms with E-state index in [0.717, 1.165) is 48.1 Å². The Morgan fingerprint density at radius 2 is 1.82 bits per heavy atom. The van der Waals surface area contributed by atoms with Gasteiger partial charge >= 0.3 is 0 Å². The number of nitrogens with one attached hydrogen (secondary N) is 1. The fraction of sp³-hybridized carbons (Fsp3) is 0.238. The van der Waals surface area contributed by atoms with Gasteiger partial charge in [-0.25, -0.2) is 9.97 Å². The number of morpholine rings is 1. The van der Waals surface area contributed by atoms with Crippen LogP contribution >= 0.6 is 11.9 Å². The lowest BCUT2D eigenvalue weighted by molar-refractivity contribution is 0.122. The highest BCUT2D eigenvalue weighted by molar-refractivity contribution is 8.00. The molecule has 0 aliphatic carbocycles. The van der Waals surface area contributed by atoms with Gasteiger partial charge < -0.3 is 19.3 Å². The maximum Gasteiger partial charge on any atom is 0.227 e. The highest BCUT2D eigenvalue weighted by atomic mass is 32.2. The normalized spacial score (nSPS) is 15.8. The van der Waals surface area contributed by atoms with Crippen molar-refractivity contribution in [3.63, 3.8) is 0 Å². The molecule has 1 N–H and O–H groups in total. The van der Waals surface area contributed by atoms with Crippen molar-refractivity contribution >= 4 is 35.0 Å². The van der Waals surface area contributed by atoms with Crippen molar-refractivity contribution in [2.75, 3.05) is 47.9 Å². The summed E-state index contributed by atoms with van der Waals surface area (Å²) in [7, 11) is 2.06. The highest BCUT2D eigenvalue weighted by Gasteiger charge is 2.22. The minimum absolute atomic E-state index is 0.609. The maximum absolute atomic E-state index is 5.43. The Hall–Kier alpha value is -2.77. The minimum atomic E-state index is 0.609. The molecule has 5 rings (SSSR count). The Morgan fingerprint density at radius 3 is 2.64 bits per heavy atom. The molecule has 0 bridgehead atoms. The fourth-order valence-electron chi connectivity index (χ4n) is 3.54. The molecule has 28 heavy (non-hydrogen) atoms. The van der Waals surface area contributed by atoms with Crippen LogP contribution in [-0.2, 0) is 4.74 Å². The van der Waals surface area contributed by atoms with Crippen LogP contribution in [0.25, 0.3) is 11.3 Å². The molecule has 142 valence electrons. The Morgan fingerprint density at radius 1 is 1.04 bits per heavy atom. The Balaban J connectivity index is 1.38. The van der Waals surface area contributed by atoms with Gasteiger partial charge in [0.15, 0.2) is 0 Å².